The monoisotopic (exact) mass is 2000 g/mol. The Labute approximate surface area is 882 Å². The molecule has 0 aliphatic heterocycles. The average Bonchev–Trinajstić information content (AvgIpc) is 0.867. The summed E-state index contributed by atoms with van der Waals surface area (Å²) in [5.41, 5.74) is 13.1. The van der Waals surface area contributed by atoms with Gasteiger partial charge in [-0.3, -0.25) is 0 Å². The minimum absolute atomic E-state index is 0.160. The molecule has 11 rings (SSSR count). The molecular formula is C130H198O15. The Morgan fingerprint density at radius 1 is 0.241 bits per heavy atom. The van der Waals surface area contributed by atoms with E-state index in [9.17, 15) is 0 Å². The van der Waals surface area contributed by atoms with Crippen LogP contribution in [0.4, 0.5) is 0 Å². The van der Waals surface area contributed by atoms with E-state index >= 15 is 0 Å². The highest BCUT2D eigenvalue weighted by molar-refractivity contribution is 5.36. The Morgan fingerprint density at radius 3 is 0.628 bits per heavy atom. The van der Waals surface area contributed by atoms with Crippen molar-refractivity contribution < 1.29 is 72.9 Å². The molecule has 0 aromatic heterocycles. The molecule has 0 spiro atoms. The van der Waals surface area contributed by atoms with Crippen LogP contribution >= 0.6 is 0 Å². The third-order valence-electron chi connectivity index (χ3n) is 26.6. The molecule has 0 saturated heterocycles. The van der Waals surface area contributed by atoms with Crippen LogP contribution in [0.15, 0.2) is 243 Å². The molecule has 15 heteroatoms. The van der Waals surface area contributed by atoms with E-state index in [1.165, 1.54) is 94.2 Å². The first-order valence-electron chi connectivity index (χ1n) is 55.0. The van der Waals surface area contributed by atoms with E-state index in [2.05, 4.69) is 232 Å². The number of phenolic OH excluding ortho intramolecular Hbond substituents is 5. The van der Waals surface area contributed by atoms with E-state index < -0.39 is 0 Å². The van der Waals surface area contributed by atoms with E-state index in [-0.39, 0.29) is 37.1 Å². The van der Waals surface area contributed by atoms with E-state index in [1.54, 1.807) is 60.7 Å². The van der Waals surface area contributed by atoms with E-state index in [1.807, 2.05) is 172 Å². The number of hydrogen-bond donors (Lipinski definition) is 5. The molecule has 10 aromatic carbocycles. The van der Waals surface area contributed by atoms with Crippen molar-refractivity contribution in [1.29, 1.82) is 0 Å². The van der Waals surface area contributed by atoms with Gasteiger partial charge in [0.1, 0.15) is 57.5 Å². The maximum absolute atomic E-state index is 9.01. The fourth-order valence-corrected chi connectivity index (χ4v) is 14.8. The first kappa shape index (κ1) is 131. The number of hydrogen-bond acceptors (Lipinski definition) is 15. The van der Waals surface area contributed by atoms with Crippen molar-refractivity contribution >= 4 is 0 Å². The Kier molecular flexibility index (Phi) is 68.4. The van der Waals surface area contributed by atoms with Crippen molar-refractivity contribution in [2.45, 2.75) is 433 Å². The van der Waals surface area contributed by atoms with Crippen molar-refractivity contribution in [2.75, 3.05) is 19.8 Å². The van der Waals surface area contributed by atoms with Gasteiger partial charge >= 0.3 is 0 Å². The topological polar surface area (TPSA) is 193 Å². The molecular weight excluding hydrogens is 1800 g/mol. The van der Waals surface area contributed by atoms with Gasteiger partial charge in [0, 0.05) is 6.61 Å². The molecule has 15 atom stereocenters. The van der Waals surface area contributed by atoms with Crippen LogP contribution in [0.3, 0.4) is 0 Å². The molecule has 808 valence electrons. The standard InChI is InChI=1S/C18H28O2.3C16H26O2.C14H22O2.5C10H14O/c1-4-14(2)16-10-12-18(13-11-16)20-15(3)19-17-8-6-5-7-9-17;1-7-12(2)14-8-10-15(11-9-14)17-13(3)18-16(4,5)6;1-6-13(4)15-7-9-16(10-8-15)18-14(5)17-11-12(2)3;1-5-7-12-17-14(4)18-16-10-8-15(9-11-16)13(3)6-2;1-5-11(3)13-7-9-14(10-8-13)16-12(4)15-6-2;5*1-3-8(2)9-4-6-10(11)7-5-9/h10-15,17H,4-9H2,1-3H3;8-13H,7H2,1-6H3;7-10,12-14H,6,11H2,1-5H3;8-11,13-14H,5-7,12H2,1-4H3;7-12H,5-6H2,1-4H3;5*4-8,11H,3H2,1-2H3. The van der Waals surface area contributed by atoms with Gasteiger partial charge in [0.2, 0.25) is 0 Å². The third kappa shape index (κ3) is 58.4. The van der Waals surface area contributed by atoms with Crippen LogP contribution in [0.5, 0.6) is 57.5 Å². The highest BCUT2D eigenvalue weighted by Gasteiger charge is 2.21. The van der Waals surface area contributed by atoms with Gasteiger partial charge in [0.25, 0.3) is 0 Å². The zero-order valence-electron chi connectivity index (χ0n) is 95.9. The maximum atomic E-state index is 9.01. The van der Waals surface area contributed by atoms with Gasteiger partial charge in [-0.05, 0) is 388 Å². The Hall–Kier alpha value is -10.0. The van der Waals surface area contributed by atoms with E-state index in [4.69, 9.17) is 72.9 Å². The number of ether oxygens (including phenoxy) is 10. The van der Waals surface area contributed by atoms with Crippen LogP contribution in [0, 0.1) is 5.92 Å². The highest BCUT2D eigenvalue weighted by atomic mass is 16.7. The predicted molar refractivity (Wildman–Crippen MR) is 612 cm³/mol. The van der Waals surface area contributed by atoms with Crippen LogP contribution in [0.2, 0.25) is 0 Å². The molecule has 1 fully saturated rings. The van der Waals surface area contributed by atoms with Gasteiger partial charge < -0.3 is 72.9 Å². The van der Waals surface area contributed by atoms with Crippen molar-refractivity contribution in [1.82, 2.24) is 0 Å². The van der Waals surface area contributed by atoms with Gasteiger partial charge in [-0.25, -0.2) is 0 Å². The van der Waals surface area contributed by atoms with E-state index in [0.29, 0.717) is 107 Å². The van der Waals surface area contributed by atoms with Gasteiger partial charge in [-0.15, -0.1) is 0 Å². The zero-order valence-corrected chi connectivity index (χ0v) is 95.9. The van der Waals surface area contributed by atoms with Crippen molar-refractivity contribution in [3.8, 4) is 57.5 Å². The molecule has 5 N–H and O–H groups in total. The summed E-state index contributed by atoms with van der Waals surface area (Å²) in [5.74, 6) is 12.6. The first-order valence-corrected chi connectivity index (χ1v) is 55.0. The normalized spacial score (nSPS) is 14.7. The average molecular weight is 2000 g/mol. The summed E-state index contributed by atoms with van der Waals surface area (Å²) in [5, 5.41) is 45.1. The number of phenols is 5. The predicted octanol–water partition coefficient (Wildman–Crippen LogP) is 37.8. The lowest BCUT2D eigenvalue weighted by Crippen LogP contribution is -2.29. The minimum Gasteiger partial charge on any atom is -0.508 e. The fraction of sp³-hybridized carbons (Fsp3) is 0.538. The van der Waals surface area contributed by atoms with Crippen molar-refractivity contribution in [2.24, 2.45) is 5.92 Å². The SMILES string of the molecule is CCC(C)c1ccc(O)cc1.CCC(C)c1ccc(O)cc1.CCC(C)c1ccc(O)cc1.CCC(C)c1ccc(O)cc1.CCC(C)c1ccc(O)cc1.CCC(C)c1ccc(OC(C)OC(C)(C)C)cc1.CCC(C)c1ccc(OC(C)OC2CCCCC2)cc1.CCC(C)c1ccc(OC(C)OCC(C)C)cc1.CCCCOC(C)Oc1ccc(C(C)CC)cc1.CCOC(C)Oc1ccc(C(C)CC)cc1. The number of benzene rings is 10. The molecule has 15 unspecified atom stereocenters. The number of rotatable bonds is 42. The summed E-state index contributed by atoms with van der Waals surface area (Å²) in [4.78, 5) is 0. The summed E-state index contributed by atoms with van der Waals surface area (Å²) in [6.45, 7) is 70.3. The van der Waals surface area contributed by atoms with Gasteiger partial charge in [0.15, 0.2) is 31.5 Å². The largest absolute Gasteiger partial charge is 0.508 e. The quantitative estimate of drug-likeness (QED) is 0.0179. The lowest BCUT2D eigenvalue weighted by molar-refractivity contribution is -0.140. The van der Waals surface area contributed by atoms with Gasteiger partial charge in [0.05, 0.1) is 24.9 Å². The number of unbranched alkanes of at least 4 members (excludes halogenated alkanes) is 1. The van der Waals surface area contributed by atoms with Crippen molar-refractivity contribution in [3.63, 3.8) is 0 Å². The maximum Gasteiger partial charge on any atom is 0.197 e. The molecule has 0 amide bonds. The number of aromatic hydroxyl groups is 5. The summed E-state index contributed by atoms with van der Waals surface area (Å²) in [7, 11) is 0. The zero-order chi connectivity index (χ0) is 108. The second kappa shape index (κ2) is 75.7. The summed E-state index contributed by atoms with van der Waals surface area (Å²) in [6.07, 6.45) is 19.5. The summed E-state index contributed by atoms with van der Waals surface area (Å²) < 4.78 is 56.8. The molecule has 1 aliphatic carbocycles. The molecule has 1 aliphatic rings. The van der Waals surface area contributed by atoms with Gasteiger partial charge in [-0.2, -0.15) is 0 Å². The van der Waals surface area contributed by atoms with Gasteiger partial charge in [-0.1, -0.05) is 306 Å². The Balaban J connectivity index is 0.000000549. The van der Waals surface area contributed by atoms with Crippen LogP contribution < -0.4 is 23.7 Å². The van der Waals surface area contributed by atoms with Crippen LogP contribution in [0.25, 0.3) is 0 Å². The molecule has 0 radical (unpaired) electrons. The Morgan fingerprint density at radius 2 is 0.434 bits per heavy atom. The first-order chi connectivity index (χ1) is 69.0. The second-order valence-electron chi connectivity index (χ2n) is 40.4. The van der Waals surface area contributed by atoms with E-state index in [0.717, 1.165) is 113 Å². The molecule has 1 saturated carbocycles. The molecule has 10 aromatic rings. The molecule has 0 heterocycles. The third-order valence-corrected chi connectivity index (χ3v) is 26.6. The fourth-order valence-electron chi connectivity index (χ4n) is 14.8. The van der Waals surface area contributed by atoms with Crippen LogP contribution in [-0.4, -0.2) is 88.5 Å². The smallest absolute Gasteiger partial charge is 0.197 e. The molecule has 15 nitrogen and oxygen atoms in total. The second-order valence-corrected chi connectivity index (χ2v) is 40.4. The minimum atomic E-state index is -0.237. The summed E-state index contributed by atoms with van der Waals surface area (Å²) in [6, 6.07) is 78.8. The van der Waals surface area contributed by atoms with Crippen LogP contribution in [-0.2, 0) is 23.7 Å². The molecule has 145 heavy (non-hydrogen) atoms. The molecule has 0 bridgehead atoms. The lowest BCUT2D eigenvalue weighted by atomic mass is 9.98. The highest BCUT2D eigenvalue weighted by Crippen LogP contribution is 2.33. The van der Waals surface area contributed by atoms with Crippen LogP contribution in [0.1, 0.15) is 446 Å². The Bertz CT molecular complexity index is 4440. The summed E-state index contributed by atoms with van der Waals surface area (Å²) >= 11 is 0. The van der Waals surface area contributed by atoms with Crippen molar-refractivity contribution in [3.05, 3.63) is 298 Å². The lowest BCUT2D eigenvalue weighted by Gasteiger charge is -2.26.